The van der Waals surface area contributed by atoms with Crippen LogP contribution in [0.1, 0.15) is 64.3 Å². The normalized spacial score (nSPS) is 14.1. The highest BCUT2D eigenvalue weighted by molar-refractivity contribution is 5.82. The largest absolute Gasteiger partial charge is 0.396 e. The summed E-state index contributed by atoms with van der Waals surface area (Å²) in [4.78, 5) is 10.1. The lowest BCUT2D eigenvalue weighted by Crippen LogP contribution is -2.39. The van der Waals surface area contributed by atoms with Crippen LogP contribution in [0.2, 0.25) is 0 Å². The van der Waals surface area contributed by atoms with Crippen molar-refractivity contribution in [3.63, 3.8) is 0 Å². The van der Waals surface area contributed by atoms with Gasteiger partial charge in [0.05, 0.1) is 6.04 Å². The minimum atomic E-state index is -0.852. The first-order valence-electron chi connectivity index (χ1n) is 18.8. The van der Waals surface area contributed by atoms with Gasteiger partial charge >= 0.3 is 0 Å². The number of fused-ring (bicyclic) bond motifs is 2. The number of aromatic nitrogens is 7. The Morgan fingerprint density at radius 1 is 0.741 bits per heavy atom. The van der Waals surface area contributed by atoms with Crippen molar-refractivity contribution in [2.45, 2.75) is 51.1 Å². The highest BCUT2D eigenvalue weighted by Crippen LogP contribution is 2.45. The number of hydrogen-bond acceptors (Lipinski definition) is 6. The van der Waals surface area contributed by atoms with Crippen molar-refractivity contribution in [3.8, 4) is 22.5 Å². The molecule has 5 aromatic carbocycles. The quantitative estimate of drug-likeness (QED) is 0.143. The Morgan fingerprint density at radius 2 is 1.37 bits per heavy atom. The van der Waals surface area contributed by atoms with E-state index in [1.165, 1.54) is 11.1 Å². The molecule has 0 saturated carbocycles. The molecule has 0 spiro atoms. The summed E-state index contributed by atoms with van der Waals surface area (Å²) < 4.78 is 4.36. The molecule has 0 unspecified atom stereocenters. The smallest absolute Gasteiger partial charge is 0.184 e. The second-order valence-electron chi connectivity index (χ2n) is 14.1. The third-order valence-corrected chi connectivity index (χ3v) is 11.0. The van der Waals surface area contributed by atoms with Crippen molar-refractivity contribution in [2.24, 2.45) is 0 Å². The van der Waals surface area contributed by atoms with E-state index >= 15 is 0 Å². The first-order valence-corrected chi connectivity index (χ1v) is 18.8. The number of benzene rings is 5. The van der Waals surface area contributed by atoms with E-state index in [1.54, 1.807) is 0 Å². The molecule has 0 aliphatic heterocycles. The summed E-state index contributed by atoms with van der Waals surface area (Å²) in [5.74, 6) is 1.72. The van der Waals surface area contributed by atoms with Crippen molar-refractivity contribution in [2.75, 3.05) is 6.61 Å². The summed E-state index contributed by atoms with van der Waals surface area (Å²) >= 11 is 0. The van der Waals surface area contributed by atoms with Crippen LogP contribution in [0.3, 0.4) is 0 Å². The molecule has 0 fully saturated rings. The molecule has 8 heteroatoms. The zero-order valence-corrected chi connectivity index (χ0v) is 30.5. The maximum atomic E-state index is 9.68. The number of aliphatic hydroxyl groups is 1. The zero-order valence-electron chi connectivity index (χ0n) is 30.5. The minimum Gasteiger partial charge on any atom is -0.396 e. The lowest BCUT2D eigenvalue weighted by atomic mass is 9.77. The summed E-state index contributed by atoms with van der Waals surface area (Å²) in [5, 5.41) is 23.6. The molecule has 8 aromatic rings. The average molecular weight is 708 g/mol. The molecule has 9 rings (SSSR count). The van der Waals surface area contributed by atoms with E-state index in [1.807, 2.05) is 22.9 Å². The lowest BCUT2D eigenvalue weighted by Gasteiger charge is -2.36. The Kier molecular flexibility index (Phi) is 8.67. The van der Waals surface area contributed by atoms with Crippen LogP contribution in [-0.2, 0) is 24.8 Å². The molecule has 3 aromatic heterocycles. The highest BCUT2D eigenvalue weighted by atomic mass is 16.3. The van der Waals surface area contributed by atoms with Crippen LogP contribution in [0.25, 0.3) is 33.7 Å². The number of nitrogens with zero attached hydrogens (tertiary/aromatic N) is 7. The van der Waals surface area contributed by atoms with E-state index in [2.05, 4.69) is 145 Å². The maximum absolute atomic E-state index is 9.68. The summed E-state index contributed by atoms with van der Waals surface area (Å²) in [7, 11) is 0. The molecule has 1 N–H and O–H groups in total. The van der Waals surface area contributed by atoms with Crippen molar-refractivity contribution >= 4 is 11.2 Å². The summed E-state index contributed by atoms with van der Waals surface area (Å²) in [5.41, 5.74) is 11.9. The third-order valence-electron chi connectivity index (χ3n) is 11.0. The Labute approximate surface area is 314 Å². The van der Waals surface area contributed by atoms with Crippen molar-refractivity contribution < 1.29 is 5.11 Å². The second-order valence-corrected chi connectivity index (χ2v) is 14.1. The minimum absolute atomic E-state index is 0.0708. The molecular formula is C46H41N7O. The predicted octanol–water partition coefficient (Wildman–Crippen LogP) is 8.53. The van der Waals surface area contributed by atoms with E-state index in [4.69, 9.17) is 20.3 Å². The van der Waals surface area contributed by atoms with Crippen molar-refractivity contribution in [1.82, 2.24) is 34.7 Å². The molecular weight excluding hydrogens is 667 g/mol. The summed E-state index contributed by atoms with van der Waals surface area (Å²) in [6.07, 6.45) is 3.26. The van der Waals surface area contributed by atoms with Gasteiger partial charge in [0.1, 0.15) is 16.9 Å². The Balaban J connectivity index is 1.18. The van der Waals surface area contributed by atoms with Crippen molar-refractivity contribution in [1.29, 1.82) is 0 Å². The number of aryl methyl sites for hydroxylation is 3. The van der Waals surface area contributed by atoms with Crippen LogP contribution in [0.15, 0.2) is 140 Å². The standard InChI is InChI=1S/C46H41N7O/c1-3-42-48-43-31(2)29-37(27-28-54)47-45(43)52(42)41-26-24-33-30-32(23-25-39(33)41)38-21-13-14-22-40(38)44-49-50-51-53(44)46(34-15-7-4-8-16-34,35-17-9-5-10-18-35)36-19-11-6-12-20-36/h4-23,25,29-30,41,54H,3,24,26-28H2,1-2H3/t41-/m0/s1. The van der Waals surface area contributed by atoms with Gasteiger partial charge in [0, 0.05) is 30.7 Å². The fraction of sp³-hybridized carbons (Fsp3) is 0.196. The Hall–Kier alpha value is -6.25. The monoisotopic (exact) mass is 707 g/mol. The van der Waals surface area contributed by atoms with Crippen LogP contribution in [0, 0.1) is 6.92 Å². The molecule has 54 heavy (non-hydrogen) atoms. The average Bonchev–Trinajstić information content (AvgIpc) is 3.97. The van der Waals surface area contributed by atoms with Gasteiger partial charge in [-0.2, -0.15) is 0 Å². The molecule has 266 valence electrons. The van der Waals surface area contributed by atoms with E-state index in [-0.39, 0.29) is 12.6 Å². The van der Waals surface area contributed by atoms with Crippen LogP contribution in [0.5, 0.6) is 0 Å². The molecule has 0 amide bonds. The number of rotatable bonds is 10. The van der Waals surface area contributed by atoms with E-state index in [0.717, 1.165) is 80.9 Å². The Morgan fingerprint density at radius 3 is 2.00 bits per heavy atom. The van der Waals surface area contributed by atoms with Crippen LogP contribution in [-0.4, -0.2) is 46.5 Å². The number of aliphatic hydroxyl groups excluding tert-OH is 1. The highest BCUT2D eigenvalue weighted by Gasteiger charge is 2.42. The van der Waals surface area contributed by atoms with E-state index < -0.39 is 5.54 Å². The van der Waals surface area contributed by atoms with Gasteiger partial charge in [-0.05, 0) is 80.8 Å². The van der Waals surface area contributed by atoms with Crippen LogP contribution in [0.4, 0.5) is 0 Å². The summed E-state index contributed by atoms with van der Waals surface area (Å²) in [6, 6.07) is 49.1. The van der Waals surface area contributed by atoms with Crippen molar-refractivity contribution in [3.05, 3.63) is 184 Å². The zero-order chi connectivity index (χ0) is 36.6. The lowest BCUT2D eigenvalue weighted by molar-refractivity contribution is 0.298. The van der Waals surface area contributed by atoms with Crippen LogP contribution < -0.4 is 0 Å². The predicted molar refractivity (Wildman–Crippen MR) is 212 cm³/mol. The molecule has 1 aliphatic carbocycles. The van der Waals surface area contributed by atoms with Gasteiger partial charge in [-0.3, -0.25) is 0 Å². The molecule has 0 saturated heterocycles. The van der Waals surface area contributed by atoms with Gasteiger partial charge in [-0.1, -0.05) is 140 Å². The molecule has 1 atom stereocenters. The molecule has 0 radical (unpaired) electrons. The third kappa shape index (κ3) is 5.44. The van der Waals surface area contributed by atoms with Gasteiger partial charge in [0.25, 0.3) is 0 Å². The molecule has 0 bridgehead atoms. The first kappa shape index (κ1) is 33.6. The van der Waals surface area contributed by atoms with Crippen LogP contribution >= 0.6 is 0 Å². The SMILES string of the molecule is CCc1nc2c(C)cc(CCO)nc2n1[C@H]1CCc2cc(-c3ccccc3-c3nnnn3C(c3ccccc3)(c3ccccc3)c3ccccc3)ccc21. The van der Waals surface area contributed by atoms with E-state index in [9.17, 15) is 5.11 Å². The number of pyridine rings is 1. The fourth-order valence-electron chi connectivity index (χ4n) is 8.59. The van der Waals surface area contributed by atoms with E-state index in [0.29, 0.717) is 12.2 Å². The van der Waals surface area contributed by atoms with Gasteiger partial charge in [0.2, 0.25) is 0 Å². The summed E-state index contributed by atoms with van der Waals surface area (Å²) in [6.45, 7) is 4.32. The number of imidazole rings is 1. The molecule has 1 aliphatic rings. The van der Waals surface area contributed by atoms with Gasteiger partial charge in [-0.15, -0.1) is 5.10 Å². The van der Waals surface area contributed by atoms with Gasteiger partial charge in [0.15, 0.2) is 11.5 Å². The fourth-order valence-corrected chi connectivity index (χ4v) is 8.59. The number of tetrazole rings is 1. The van der Waals surface area contributed by atoms with Gasteiger partial charge in [-0.25, -0.2) is 14.6 Å². The maximum Gasteiger partial charge on any atom is 0.184 e. The number of hydrogen-bond donors (Lipinski definition) is 1. The molecule has 3 heterocycles. The van der Waals surface area contributed by atoms with Gasteiger partial charge < -0.3 is 9.67 Å². The molecule has 8 nitrogen and oxygen atoms in total. The topological polar surface area (TPSA) is 94.5 Å². The first-order chi connectivity index (χ1) is 26.6. The Bertz CT molecular complexity index is 2480. The second kappa shape index (κ2) is 14.0.